The smallest absolute Gasteiger partial charge is 0.165 e. The average Bonchev–Trinajstić information content (AvgIpc) is 3.15. The molecule has 2 aromatic rings. The number of methoxy groups -OCH3 is 2. The Morgan fingerprint density at radius 2 is 2.04 bits per heavy atom. The van der Waals surface area contributed by atoms with E-state index in [1.165, 1.54) is 0 Å². The molecule has 1 atom stereocenters. The van der Waals surface area contributed by atoms with Crippen molar-refractivity contribution in [2.75, 3.05) is 34.0 Å². The summed E-state index contributed by atoms with van der Waals surface area (Å²) in [7, 11) is 3.36. The summed E-state index contributed by atoms with van der Waals surface area (Å²) in [4.78, 5) is 6.90. The molecule has 1 aromatic carbocycles. The first-order valence-electron chi connectivity index (χ1n) is 8.70. The molecule has 0 unspecified atom stereocenters. The average molecular weight is 342 g/mol. The van der Waals surface area contributed by atoms with E-state index in [-0.39, 0.29) is 0 Å². The summed E-state index contributed by atoms with van der Waals surface area (Å²) in [5, 5.41) is 0. The molecule has 1 aliphatic rings. The molecular weight excluding hydrogens is 316 g/mol. The number of hydrogen-bond acceptors (Lipinski definition) is 5. The van der Waals surface area contributed by atoms with Gasteiger partial charge in [0.25, 0.3) is 0 Å². The van der Waals surface area contributed by atoms with Crippen LogP contribution >= 0.6 is 0 Å². The van der Waals surface area contributed by atoms with E-state index in [9.17, 15) is 0 Å². The van der Waals surface area contributed by atoms with Crippen LogP contribution in [-0.2, 0) is 17.8 Å². The number of para-hydroxylation sites is 1. The molecule has 5 heteroatoms. The molecule has 0 N–H and O–H groups in total. The summed E-state index contributed by atoms with van der Waals surface area (Å²) in [5.74, 6) is 2.14. The summed E-state index contributed by atoms with van der Waals surface area (Å²) in [6, 6.07) is 12.1. The quantitative estimate of drug-likeness (QED) is 0.737. The van der Waals surface area contributed by atoms with Crippen molar-refractivity contribution in [1.82, 2.24) is 9.88 Å². The molecule has 2 heterocycles. The first-order valence-corrected chi connectivity index (χ1v) is 8.70. The van der Waals surface area contributed by atoms with Gasteiger partial charge in [-0.05, 0) is 30.5 Å². The second-order valence-corrected chi connectivity index (χ2v) is 6.37. The Balaban J connectivity index is 1.79. The molecule has 1 saturated heterocycles. The Morgan fingerprint density at radius 1 is 1.12 bits per heavy atom. The minimum absolute atomic E-state index is 0.570. The van der Waals surface area contributed by atoms with Crippen LogP contribution in [0.3, 0.4) is 0 Å². The van der Waals surface area contributed by atoms with Gasteiger partial charge in [0.15, 0.2) is 11.5 Å². The van der Waals surface area contributed by atoms with Gasteiger partial charge in [-0.2, -0.15) is 0 Å². The fourth-order valence-electron chi connectivity index (χ4n) is 3.32. The predicted octanol–water partition coefficient (Wildman–Crippen LogP) is 3.14. The molecule has 0 bridgehead atoms. The Kier molecular flexibility index (Phi) is 6.25. The lowest BCUT2D eigenvalue weighted by Crippen LogP contribution is -2.29. The second kappa shape index (κ2) is 8.83. The van der Waals surface area contributed by atoms with Crippen molar-refractivity contribution in [2.24, 2.45) is 5.92 Å². The highest BCUT2D eigenvalue weighted by Gasteiger charge is 2.21. The molecule has 0 spiro atoms. The van der Waals surface area contributed by atoms with Gasteiger partial charge in [-0.3, -0.25) is 9.88 Å². The molecule has 0 saturated carbocycles. The maximum atomic E-state index is 5.60. The van der Waals surface area contributed by atoms with Crippen LogP contribution in [0.5, 0.6) is 11.5 Å². The summed E-state index contributed by atoms with van der Waals surface area (Å²) < 4.78 is 16.6. The van der Waals surface area contributed by atoms with Gasteiger partial charge >= 0.3 is 0 Å². The van der Waals surface area contributed by atoms with Crippen molar-refractivity contribution >= 4 is 0 Å². The largest absolute Gasteiger partial charge is 0.493 e. The van der Waals surface area contributed by atoms with Gasteiger partial charge < -0.3 is 14.2 Å². The fraction of sp³-hybridized carbons (Fsp3) is 0.450. The van der Waals surface area contributed by atoms with Gasteiger partial charge in [-0.1, -0.05) is 18.2 Å². The number of hydrogen-bond donors (Lipinski definition) is 0. The Labute approximate surface area is 149 Å². The van der Waals surface area contributed by atoms with Crippen molar-refractivity contribution < 1.29 is 14.2 Å². The van der Waals surface area contributed by atoms with Crippen LogP contribution in [0.15, 0.2) is 42.6 Å². The van der Waals surface area contributed by atoms with E-state index in [4.69, 9.17) is 14.2 Å². The van der Waals surface area contributed by atoms with Crippen LogP contribution in [-0.4, -0.2) is 43.9 Å². The second-order valence-electron chi connectivity index (χ2n) is 6.37. The maximum absolute atomic E-state index is 5.60. The third kappa shape index (κ3) is 4.71. The van der Waals surface area contributed by atoms with E-state index in [0.29, 0.717) is 5.92 Å². The van der Waals surface area contributed by atoms with Gasteiger partial charge in [-0.15, -0.1) is 0 Å². The van der Waals surface area contributed by atoms with E-state index in [1.807, 2.05) is 30.5 Å². The van der Waals surface area contributed by atoms with Gasteiger partial charge in [0.1, 0.15) is 0 Å². The number of pyridine rings is 1. The number of nitrogens with zero attached hydrogens (tertiary/aromatic N) is 2. The zero-order chi connectivity index (χ0) is 17.5. The molecule has 1 aliphatic heterocycles. The van der Waals surface area contributed by atoms with Crippen molar-refractivity contribution in [3.8, 4) is 11.5 Å². The van der Waals surface area contributed by atoms with E-state index >= 15 is 0 Å². The van der Waals surface area contributed by atoms with Crippen LogP contribution in [0.25, 0.3) is 0 Å². The SMILES string of the molecule is COc1cccc(CN(Cc2ccccn2)C[C@H]2CCOC2)c1OC. The molecule has 0 aliphatic carbocycles. The van der Waals surface area contributed by atoms with Crippen LogP contribution in [0.2, 0.25) is 0 Å². The molecule has 134 valence electrons. The van der Waals surface area contributed by atoms with Crippen LogP contribution in [0.1, 0.15) is 17.7 Å². The van der Waals surface area contributed by atoms with Crippen LogP contribution in [0, 0.1) is 5.92 Å². The third-order valence-corrected chi connectivity index (χ3v) is 4.53. The van der Waals surface area contributed by atoms with E-state index in [2.05, 4.69) is 22.0 Å². The lowest BCUT2D eigenvalue weighted by Gasteiger charge is -2.26. The minimum atomic E-state index is 0.570. The number of rotatable bonds is 8. The molecule has 1 fully saturated rings. The number of benzene rings is 1. The predicted molar refractivity (Wildman–Crippen MR) is 96.8 cm³/mol. The van der Waals surface area contributed by atoms with Gasteiger partial charge in [0.05, 0.1) is 26.5 Å². The summed E-state index contributed by atoms with van der Waals surface area (Å²) in [5.41, 5.74) is 2.19. The zero-order valence-electron chi connectivity index (χ0n) is 15.0. The summed E-state index contributed by atoms with van der Waals surface area (Å²) >= 11 is 0. The highest BCUT2D eigenvalue weighted by atomic mass is 16.5. The topological polar surface area (TPSA) is 43.8 Å². The van der Waals surface area contributed by atoms with Crippen molar-refractivity contribution in [3.63, 3.8) is 0 Å². The third-order valence-electron chi connectivity index (χ3n) is 4.53. The van der Waals surface area contributed by atoms with Crippen LogP contribution in [0.4, 0.5) is 0 Å². The molecular formula is C20H26N2O3. The molecule has 5 nitrogen and oxygen atoms in total. The molecule has 3 rings (SSSR count). The fourth-order valence-corrected chi connectivity index (χ4v) is 3.32. The monoisotopic (exact) mass is 342 g/mol. The minimum Gasteiger partial charge on any atom is -0.493 e. The summed E-state index contributed by atoms with van der Waals surface area (Å²) in [6.07, 6.45) is 2.96. The van der Waals surface area contributed by atoms with Gasteiger partial charge in [-0.25, -0.2) is 0 Å². The van der Waals surface area contributed by atoms with Crippen molar-refractivity contribution in [3.05, 3.63) is 53.9 Å². The lowest BCUT2D eigenvalue weighted by atomic mass is 10.1. The molecule has 1 aromatic heterocycles. The van der Waals surface area contributed by atoms with Gasteiger partial charge in [0.2, 0.25) is 0 Å². The standard InChI is InChI=1S/C20H26N2O3/c1-23-19-8-5-6-17(20(19)24-2)13-22(12-16-9-11-25-15-16)14-18-7-3-4-10-21-18/h3-8,10,16H,9,11-15H2,1-2H3/t16-/m1/s1. The van der Waals surface area contributed by atoms with Gasteiger partial charge in [0, 0.05) is 38.0 Å². The van der Waals surface area contributed by atoms with E-state index < -0.39 is 0 Å². The van der Waals surface area contributed by atoms with E-state index in [0.717, 1.165) is 62.0 Å². The first kappa shape index (κ1) is 17.7. The first-order chi connectivity index (χ1) is 12.3. The Morgan fingerprint density at radius 3 is 2.72 bits per heavy atom. The molecule has 25 heavy (non-hydrogen) atoms. The molecule has 0 amide bonds. The number of ether oxygens (including phenoxy) is 3. The summed E-state index contributed by atoms with van der Waals surface area (Å²) in [6.45, 7) is 4.28. The van der Waals surface area contributed by atoms with Crippen molar-refractivity contribution in [2.45, 2.75) is 19.5 Å². The maximum Gasteiger partial charge on any atom is 0.165 e. The molecule has 0 radical (unpaired) electrons. The highest BCUT2D eigenvalue weighted by molar-refractivity contribution is 5.46. The van der Waals surface area contributed by atoms with Crippen molar-refractivity contribution in [1.29, 1.82) is 0 Å². The van der Waals surface area contributed by atoms with E-state index in [1.54, 1.807) is 14.2 Å². The highest BCUT2D eigenvalue weighted by Crippen LogP contribution is 2.32. The Bertz CT molecular complexity index is 657. The lowest BCUT2D eigenvalue weighted by molar-refractivity contribution is 0.160. The Hall–Kier alpha value is -2.11. The number of aromatic nitrogens is 1. The van der Waals surface area contributed by atoms with Crippen LogP contribution < -0.4 is 9.47 Å². The zero-order valence-corrected chi connectivity index (χ0v) is 15.0. The normalized spacial score (nSPS) is 17.0.